The van der Waals surface area contributed by atoms with Crippen LogP contribution in [0.2, 0.25) is 15.3 Å². The van der Waals surface area contributed by atoms with Crippen molar-refractivity contribution >= 4 is 51.6 Å². The van der Waals surface area contributed by atoms with Crippen molar-refractivity contribution in [2.75, 3.05) is 0 Å². The SMILES string of the molecule is Cn1c(=O)c2c(nc(Cl)n2Cc2cn3cc(Cl)cc(Cl)c3n2)n(C)c1=O. The Morgan fingerprint density at radius 1 is 1.00 bits per heavy atom. The third kappa shape index (κ3) is 2.45. The molecule has 0 saturated heterocycles. The highest BCUT2D eigenvalue weighted by Crippen LogP contribution is 2.23. The lowest BCUT2D eigenvalue weighted by Crippen LogP contribution is -2.37. The summed E-state index contributed by atoms with van der Waals surface area (Å²) >= 11 is 18.4. The van der Waals surface area contributed by atoms with Crippen LogP contribution in [-0.2, 0) is 20.6 Å². The maximum Gasteiger partial charge on any atom is 0.332 e. The first-order valence-electron chi connectivity index (χ1n) is 7.42. The quantitative estimate of drug-likeness (QED) is 0.471. The van der Waals surface area contributed by atoms with Crippen LogP contribution in [0.5, 0.6) is 0 Å². The summed E-state index contributed by atoms with van der Waals surface area (Å²) in [6, 6.07) is 1.60. The van der Waals surface area contributed by atoms with Gasteiger partial charge in [-0.3, -0.25) is 13.9 Å². The molecule has 0 N–H and O–H groups in total. The summed E-state index contributed by atoms with van der Waals surface area (Å²) in [5, 5.41) is 0.963. The first-order chi connectivity index (χ1) is 12.3. The fraction of sp³-hybridized carbons (Fsp3) is 0.200. The van der Waals surface area contributed by atoms with Crippen molar-refractivity contribution in [2.24, 2.45) is 14.1 Å². The molecule has 4 rings (SSSR count). The first kappa shape index (κ1) is 17.1. The van der Waals surface area contributed by atoms with Crippen LogP contribution in [-0.4, -0.2) is 28.1 Å². The summed E-state index contributed by atoms with van der Waals surface area (Å²) in [4.78, 5) is 33.2. The van der Waals surface area contributed by atoms with E-state index in [0.717, 1.165) is 4.57 Å². The molecular weight excluding hydrogens is 403 g/mol. The number of hydrogen-bond acceptors (Lipinski definition) is 4. The predicted octanol–water partition coefficient (Wildman–Crippen LogP) is 2.09. The van der Waals surface area contributed by atoms with Crippen molar-refractivity contribution in [3.05, 3.63) is 60.3 Å². The number of fused-ring (bicyclic) bond motifs is 2. The average Bonchev–Trinajstić information content (AvgIpc) is 3.13. The van der Waals surface area contributed by atoms with E-state index in [1.54, 1.807) is 22.9 Å². The van der Waals surface area contributed by atoms with Gasteiger partial charge >= 0.3 is 5.69 Å². The molecule has 4 aromatic rings. The number of hydrogen-bond donors (Lipinski definition) is 0. The van der Waals surface area contributed by atoms with Gasteiger partial charge in [-0.2, -0.15) is 4.98 Å². The average molecular weight is 414 g/mol. The summed E-state index contributed by atoms with van der Waals surface area (Å²) in [5.41, 5.74) is 0.622. The fourth-order valence-electron chi connectivity index (χ4n) is 2.88. The van der Waals surface area contributed by atoms with Gasteiger partial charge in [0.15, 0.2) is 16.8 Å². The Labute approximate surface area is 160 Å². The lowest BCUT2D eigenvalue weighted by Gasteiger charge is -2.05. The second-order valence-electron chi connectivity index (χ2n) is 5.81. The largest absolute Gasteiger partial charge is 0.332 e. The van der Waals surface area contributed by atoms with E-state index >= 15 is 0 Å². The van der Waals surface area contributed by atoms with E-state index in [4.69, 9.17) is 34.8 Å². The molecule has 0 aromatic carbocycles. The molecule has 0 amide bonds. The van der Waals surface area contributed by atoms with Crippen LogP contribution in [0.25, 0.3) is 16.8 Å². The van der Waals surface area contributed by atoms with Crippen molar-refractivity contribution in [3.8, 4) is 0 Å². The van der Waals surface area contributed by atoms with Gasteiger partial charge in [0.1, 0.15) is 0 Å². The maximum atomic E-state index is 12.6. The van der Waals surface area contributed by atoms with Crippen LogP contribution in [0.4, 0.5) is 0 Å². The smallest absolute Gasteiger partial charge is 0.304 e. The minimum Gasteiger partial charge on any atom is -0.304 e. The highest BCUT2D eigenvalue weighted by atomic mass is 35.5. The number of nitrogens with zero attached hydrogens (tertiary/aromatic N) is 6. The van der Waals surface area contributed by atoms with Gasteiger partial charge in [-0.1, -0.05) is 23.2 Å². The highest BCUT2D eigenvalue weighted by molar-refractivity contribution is 6.36. The standard InChI is InChI=1S/C15H11Cl3N6O2/c1-21-12-10(13(25)22(2)15(21)26)24(14(18)20-12)6-8-5-23-4-7(16)3-9(17)11(23)19-8/h3-5H,6H2,1-2H3. The fourth-order valence-corrected chi connectivity index (χ4v) is 3.63. The molecule has 0 aliphatic rings. The van der Waals surface area contributed by atoms with Gasteiger partial charge in [0.2, 0.25) is 5.28 Å². The van der Waals surface area contributed by atoms with Crippen molar-refractivity contribution in [2.45, 2.75) is 6.54 Å². The molecule has 0 atom stereocenters. The molecule has 11 heteroatoms. The van der Waals surface area contributed by atoms with Gasteiger partial charge in [0.05, 0.1) is 22.3 Å². The Morgan fingerprint density at radius 2 is 1.73 bits per heavy atom. The molecule has 134 valence electrons. The Balaban J connectivity index is 1.93. The van der Waals surface area contributed by atoms with Crippen LogP contribution >= 0.6 is 34.8 Å². The molecule has 0 bridgehead atoms. The number of aryl methyl sites for hydroxylation is 1. The van der Waals surface area contributed by atoms with Crippen LogP contribution in [0.1, 0.15) is 5.69 Å². The Kier molecular flexibility index (Phi) is 3.87. The van der Waals surface area contributed by atoms with Crippen molar-refractivity contribution in [3.63, 3.8) is 0 Å². The van der Waals surface area contributed by atoms with Gasteiger partial charge in [0, 0.05) is 26.5 Å². The zero-order valence-electron chi connectivity index (χ0n) is 13.6. The van der Waals surface area contributed by atoms with Crippen LogP contribution < -0.4 is 11.2 Å². The van der Waals surface area contributed by atoms with E-state index in [0.29, 0.717) is 21.4 Å². The molecule has 0 saturated carbocycles. The summed E-state index contributed by atoms with van der Waals surface area (Å²) in [6.07, 6.45) is 3.41. The van der Waals surface area contributed by atoms with Gasteiger partial charge in [-0.15, -0.1) is 0 Å². The highest BCUT2D eigenvalue weighted by Gasteiger charge is 2.19. The number of aromatic nitrogens is 6. The topological polar surface area (TPSA) is 79.1 Å². The van der Waals surface area contributed by atoms with Crippen molar-refractivity contribution in [1.82, 2.24) is 28.1 Å². The lowest BCUT2D eigenvalue weighted by atomic mass is 10.4. The molecule has 4 heterocycles. The van der Waals surface area contributed by atoms with Gasteiger partial charge in [-0.05, 0) is 17.7 Å². The van der Waals surface area contributed by atoms with Crippen molar-refractivity contribution < 1.29 is 0 Å². The van der Waals surface area contributed by atoms with Gasteiger partial charge < -0.3 is 8.97 Å². The summed E-state index contributed by atoms with van der Waals surface area (Å²) in [5.74, 6) is 0. The van der Waals surface area contributed by atoms with Crippen LogP contribution in [0.3, 0.4) is 0 Å². The van der Waals surface area contributed by atoms with Gasteiger partial charge in [0.25, 0.3) is 5.56 Å². The van der Waals surface area contributed by atoms with Crippen molar-refractivity contribution in [1.29, 1.82) is 0 Å². The minimum absolute atomic E-state index is 0.0829. The predicted molar refractivity (Wildman–Crippen MR) is 99.5 cm³/mol. The zero-order valence-corrected chi connectivity index (χ0v) is 15.8. The summed E-state index contributed by atoms with van der Waals surface area (Å²) in [7, 11) is 2.94. The molecule has 0 fully saturated rings. The van der Waals surface area contributed by atoms with Gasteiger partial charge in [-0.25, -0.2) is 9.78 Å². The summed E-state index contributed by atoms with van der Waals surface area (Å²) < 4.78 is 5.49. The van der Waals surface area contributed by atoms with Crippen LogP contribution in [0, 0.1) is 0 Å². The number of imidazole rings is 2. The second-order valence-corrected chi connectivity index (χ2v) is 7.00. The molecule has 0 spiro atoms. The van der Waals surface area contributed by atoms with E-state index < -0.39 is 11.2 Å². The molecule has 0 unspecified atom stereocenters. The minimum atomic E-state index is -0.479. The normalized spacial score (nSPS) is 11.7. The Hall–Kier alpha value is -2.29. The molecule has 8 nitrogen and oxygen atoms in total. The monoisotopic (exact) mass is 412 g/mol. The molecule has 0 aliphatic carbocycles. The maximum absolute atomic E-state index is 12.6. The molecular formula is C15H11Cl3N6O2. The Bertz CT molecular complexity index is 1310. The molecule has 26 heavy (non-hydrogen) atoms. The zero-order chi connectivity index (χ0) is 18.7. The van der Waals surface area contributed by atoms with Crippen LogP contribution in [0.15, 0.2) is 28.0 Å². The molecule has 0 aliphatic heterocycles. The third-order valence-corrected chi connectivity index (χ3v) is 4.92. The van der Waals surface area contributed by atoms with E-state index in [-0.39, 0.29) is 23.0 Å². The van der Waals surface area contributed by atoms with E-state index in [1.807, 2.05) is 0 Å². The first-order valence-corrected chi connectivity index (χ1v) is 8.55. The summed E-state index contributed by atoms with van der Waals surface area (Å²) in [6.45, 7) is 0.179. The van der Waals surface area contributed by atoms with E-state index in [9.17, 15) is 9.59 Å². The number of rotatable bonds is 2. The third-order valence-electron chi connectivity index (χ3n) is 4.14. The number of halogens is 3. The van der Waals surface area contributed by atoms with E-state index in [2.05, 4.69) is 9.97 Å². The molecule has 4 aromatic heterocycles. The lowest BCUT2D eigenvalue weighted by molar-refractivity contribution is 0.701. The Morgan fingerprint density at radius 3 is 2.46 bits per heavy atom. The number of pyridine rings is 1. The second kappa shape index (κ2) is 5.87. The van der Waals surface area contributed by atoms with E-state index in [1.165, 1.54) is 23.2 Å². The molecule has 0 radical (unpaired) electrons.